The summed E-state index contributed by atoms with van der Waals surface area (Å²) in [6.07, 6.45) is 1.59. The number of nitrogens with one attached hydrogen (secondary N) is 1. The number of hydrogen-bond donors (Lipinski definition) is 2. The first-order chi connectivity index (χ1) is 9.16. The summed E-state index contributed by atoms with van der Waals surface area (Å²) in [6, 6.07) is 5.46. The van der Waals surface area contributed by atoms with Gasteiger partial charge in [0.2, 0.25) is 0 Å². The lowest BCUT2D eigenvalue weighted by Gasteiger charge is -2.29. The summed E-state index contributed by atoms with van der Waals surface area (Å²) in [4.78, 5) is 12.8. The van der Waals surface area contributed by atoms with E-state index in [0.29, 0.717) is 0 Å². The van der Waals surface area contributed by atoms with Gasteiger partial charge in [-0.05, 0) is 30.2 Å². The molecule has 0 aliphatic carbocycles. The van der Waals surface area contributed by atoms with Gasteiger partial charge >= 0.3 is 6.03 Å². The Morgan fingerprint density at radius 3 is 2.84 bits per heavy atom. The van der Waals surface area contributed by atoms with Crippen LogP contribution in [0.2, 0.25) is 0 Å². The summed E-state index contributed by atoms with van der Waals surface area (Å²) in [7, 11) is 0. The van der Waals surface area contributed by atoms with Gasteiger partial charge in [0.25, 0.3) is 0 Å². The number of nitrogens with zero attached hydrogens (tertiary/aromatic N) is 2. The second kappa shape index (κ2) is 6.19. The second-order valence-corrected chi connectivity index (χ2v) is 4.37. The van der Waals surface area contributed by atoms with Gasteiger partial charge in [-0.2, -0.15) is 5.10 Å². The number of nitrogens with two attached hydrogens (primary N) is 1. The van der Waals surface area contributed by atoms with E-state index >= 15 is 0 Å². The normalized spacial score (nSPS) is 15.7. The number of carbonyl (C=O) groups is 1. The first kappa shape index (κ1) is 13.4. The standard InChI is InChI=1S/C13H18N4O2/c1-10-8-12(17-4-6-19-7-5-17)3-2-11(10)9-15-16-13(14)18/h2-3,8-9H,4-7H2,1H3,(H3,14,16,18)/b15-9-. The van der Waals surface area contributed by atoms with Crippen LogP contribution in [-0.2, 0) is 4.74 Å². The molecule has 1 aliphatic heterocycles. The van der Waals surface area contributed by atoms with Crippen LogP contribution in [0.15, 0.2) is 23.3 Å². The van der Waals surface area contributed by atoms with E-state index in [1.54, 1.807) is 6.21 Å². The fourth-order valence-electron chi connectivity index (χ4n) is 1.99. The Morgan fingerprint density at radius 2 is 2.21 bits per heavy atom. The molecule has 0 unspecified atom stereocenters. The number of primary amides is 1. The number of ether oxygens (including phenoxy) is 1. The van der Waals surface area contributed by atoms with E-state index in [1.807, 2.05) is 19.1 Å². The number of morpholine rings is 1. The molecule has 6 nitrogen and oxygen atoms in total. The molecule has 2 amide bonds. The Balaban J connectivity index is 2.07. The zero-order chi connectivity index (χ0) is 13.7. The molecule has 0 radical (unpaired) electrons. The lowest BCUT2D eigenvalue weighted by molar-refractivity contribution is 0.122. The Kier molecular flexibility index (Phi) is 4.35. The molecule has 1 saturated heterocycles. The fourth-order valence-corrected chi connectivity index (χ4v) is 1.99. The van der Waals surface area contributed by atoms with Crippen LogP contribution in [0, 0.1) is 6.92 Å². The minimum Gasteiger partial charge on any atom is -0.378 e. The van der Waals surface area contributed by atoms with Gasteiger partial charge in [0.15, 0.2) is 0 Å². The monoisotopic (exact) mass is 262 g/mol. The zero-order valence-electron chi connectivity index (χ0n) is 10.9. The zero-order valence-corrected chi connectivity index (χ0v) is 10.9. The number of hydrazone groups is 1. The maximum atomic E-state index is 10.5. The molecule has 3 N–H and O–H groups in total. The van der Waals surface area contributed by atoms with Crippen molar-refractivity contribution in [3.63, 3.8) is 0 Å². The van der Waals surface area contributed by atoms with Crippen molar-refractivity contribution in [1.29, 1.82) is 0 Å². The second-order valence-electron chi connectivity index (χ2n) is 4.37. The minimum atomic E-state index is -0.668. The molecule has 1 fully saturated rings. The molecule has 1 aromatic rings. The van der Waals surface area contributed by atoms with E-state index in [-0.39, 0.29) is 0 Å². The highest BCUT2D eigenvalue weighted by atomic mass is 16.5. The smallest absolute Gasteiger partial charge is 0.332 e. The van der Waals surface area contributed by atoms with Gasteiger partial charge < -0.3 is 15.4 Å². The van der Waals surface area contributed by atoms with Crippen LogP contribution in [0.25, 0.3) is 0 Å². The third kappa shape index (κ3) is 3.69. The Labute approximate surface area is 112 Å². The summed E-state index contributed by atoms with van der Waals surface area (Å²) >= 11 is 0. The quantitative estimate of drug-likeness (QED) is 0.625. The van der Waals surface area contributed by atoms with Crippen LogP contribution in [-0.4, -0.2) is 38.5 Å². The fraction of sp³-hybridized carbons (Fsp3) is 0.385. The molecule has 19 heavy (non-hydrogen) atoms. The van der Waals surface area contributed by atoms with Gasteiger partial charge in [-0.1, -0.05) is 6.07 Å². The molecule has 0 saturated carbocycles. The summed E-state index contributed by atoms with van der Waals surface area (Å²) < 4.78 is 5.34. The van der Waals surface area contributed by atoms with Crippen LogP contribution >= 0.6 is 0 Å². The van der Waals surface area contributed by atoms with Crippen molar-refractivity contribution >= 4 is 17.9 Å². The Morgan fingerprint density at radius 1 is 1.47 bits per heavy atom. The SMILES string of the molecule is Cc1cc(N2CCOCC2)ccc1/C=N\NC(N)=O. The Hall–Kier alpha value is -2.08. The average Bonchev–Trinajstić information content (AvgIpc) is 2.41. The van der Waals surface area contributed by atoms with Crippen molar-refractivity contribution in [2.24, 2.45) is 10.8 Å². The number of anilines is 1. The molecule has 0 spiro atoms. The molecular weight excluding hydrogens is 244 g/mol. The van der Waals surface area contributed by atoms with Gasteiger partial charge in [0.05, 0.1) is 19.4 Å². The van der Waals surface area contributed by atoms with E-state index in [1.165, 1.54) is 5.69 Å². The van der Waals surface area contributed by atoms with Gasteiger partial charge in [0.1, 0.15) is 0 Å². The highest BCUT2D eigenvalue weighted by Crippen LogP contribution is 2.19. The molecule has 0 atom stereocenters. The molecule has 1 heterocycles. The van der Waals surface area contributed by atoms with E-state index in [0.717, 1.165) is 37.4 Å². The van der Waals surface area contributed by atoms with Crippen molar-refractivity contribution in [1.82, 2.24) is 5.43 Å². The van der Waals surface area contributed by atoms with Crippen LogP contribution in [0.3, 0.4) is 0 Å². The van der Waals surface area contributed by atoms with Crippen LogP contribution in [0.4, 0.5) is 10.5 Å². The summed E-state index contributed by atoms with van der Waals surface area (Å²) in [5.74, 6) is 0. The van der Waals surface area contributed by atoms with Crippen molar-refractivity contribution in [2.75, 3.05) is 31.2 Å². The molecule has 102 valence electrons. The number of urea groups is 1. The lowest BCUT2D eigenvalue weighted by Crippen LogP contribution is -2.36. The van der Waals surface area contributed by atoms with Crippen molar-refractivity contribution in [3.8, 4) is 0 Å². The molecule has 1 aliphatic rings. The maximum absolute atomic E-state index is 10.5. The Bertz CT molecular complexity index is 482. The summed E-state index contributed by atoms with van der Waals surface area (Å²) in [5, 5.41) is 3.76. The predicted molar refractivity (Wildman–Crippen MR) is 74.5 cm³/mol. The molecule has 0 bridgehead atoms. The molecule has 1 aromatic carbocycles. The van der Waals surface area contributed by atoms with Gasteiger partial charge in [-0.15, -0.1) is 0 Å². The third-order valence-electron chi connectivity index (χ3n) is 3.01. The van der Waals surface area contributed by atoms with Crippen molar-refractivity contribution < 1.29 is 9.53 Å². The van der Waals surface area contributed by atoms with Gasteiger partial charge in [0, 0.05) is 18.8 Å². The predicted octanol–water partition coefficient (Wildman–Crippen LogP) is 0.834. The topological polar surface area (TPSA) is 79.9 Å². The number of aryl methyl sites for hydroxylation is 1. The van der Waals surface area contributed by atoms with Crippen molar-refractivity contribution in [3.05, 3.63) is 29.3 Å². The minimum absolute atomic E-state index is 0.668. The average molecular weight is 262 g/mol. The molecule has 0 aromatic heterocycles. The molecule has 6 heteroatoms. The number of amides is 2. The molecular formula is C13H18N4O2. The highest BCUT2D eigenvalue weighted by Gasteiger charge is 2.11. The number of rotatable bonds is 3. The number of hydrogen-bond acceptors (Lipinski definition) is 4. The van der Waals surface area contributed by atoms with Gasteiger partial charge in [-0.25, -0.2) is 10.2 Å². The van der Waals surface area contributed by atoms with Gasteiger partial charge in [-0.3, -0.25) is 0 Å². The van der Waals surface area contributed by atoms with Crippen LogP contribution < -0.4 is 16.1 Å². The first-order valence-corrected chi connectivity index (χ1v) is 6.18. The summed E-state index contributed by atoms with van der Waals surface area (Å²) in [5.41, 5.74) is 10.3. The van der Waals surface area contributed by atoms with E-state index in [9.17, 15) is 4.79 Å². The first-order valence-electron chi connectivity index (χ1n) is 6.18. The van der Waals surface area contributed by atoms with E-state index in [2.05, 4.69) is 21.5 Å². The maximum Gasteiger partial charge on any atom is 0.332 e. The number of carbonyl (C=O) groups excluding carboxylic acids is 1. The molecule has 2 rings (SSSR count). The lowest BCUT2D eigenvalue weighted by atomic mass is 10.1. The van der Waals surface area contributed by atoms with Crippen LogP contribution in [0.1, 0.15) is 11.1 Å². The largest absolute Gasteiger partial charge is 0.378 e. The third-order valence-corrected chi connectivity index (χ3v) is 3.01. The van der Waals surface area contributed by atoms with Crippen LogP contribution in [0.5, 0.6) is 0 Å². The summed E-state index contributed by atoms with van der Waals surface area (Å²) in [6.45, 7) is 5.37. The van der Waals surface area contributed by atoms with E-state index in [4.69, 9.17) is 10.5 Å². The van der Waals surface area contributed by atoms with Crippen molar-refractivity contribution in [2.45, 2.75) is 6.92 Å². The highest BCUT2D eigenvalue weighted by molar-refractivity contribution is 5.84. The number of benzene rings is 1. The van der Waals surface area contributed by atoms with E-state index < -0.39 is 6.03 Å².